The van der Waals surface area contributed by atoms with E-state index in [4.69, 9.17) is 11.6 Å². The summed E-state index contributed by atoms with van der Waals surface area (Å²) in [7, 11) is 2.03. The SMILES string of the molecule is CC(C)c1nc(Br)cc(N(C)C(C)c2cccc(Cl)c2)n1. The zero-order chi connectivity index (χ0) is 15.6. The first-order valence-electron chi connectivity index (χ1n) is 6.91. The molecule has 1 aromatic heterocycles. The highest BCUT2D eigenvalue weighted by atomic mass is 79.9. The molecule has 112 valence electrons. The van der Waals surface area contributed by atoms with Crippen LogP contribution in [0.25, 0.3) is 0 Å². The second kappa shape index (κ2) is 6.75. The molecule has 0 aliphatic rings. The van der Waals surface area contributed by atoms with Gasteiger partial charge in [-0.2, -0.15) is 0 Å². The number of aromatic nitrogens is 2. The van der Waals surface area contributed by atoms with Gasteiger partial charge in [0.15, 0.2) is 0 Å². The Morgan fingerprint density at radius 2 is 1.86 bits per heavy atom. The second-order valence-electron chi connectivity index (χ2n) is 5.40. The van der Waals surface area contributed by atoms with Crippen LogP contribution in [-0.2, 0) is 0 Å². The average Bonchev–Trinajstić information content (AvgIpc) is 2.45. The number of hydrogen-bond acceptors (Lipinski definition) is 3. The summed E-state index contributed by atoms with van der Waals surface area (Å²) in [6.07, 6.45) is 0. The molecule has 0 N–H and O–H groups in total. The first-order chi connectivity index (χ1) is 9.88. The van der Waals surface area contributed by atoms with Crippen LogP contribution in [0.3, 0.4) is 0 Å². The average molecular weight is 369 g/mol. The molecule has 0 bridgehead atoms. The topological polar surface area (TPSA) is 29.0 Å². The maximum Gasteiger partial charge on any atom is 0.134 e. The Labute approximate surface area is 139 Å². The molecule has 0 fully saturated rings. The van der Waals surface area contributed by atoms with Gasteiger partial charge in [-0.25, -0.2) is 9.97 Å². The summed E-state index contributed by atoms with van der Waals surface area (Å²) in [5, 5.41) is 0.750. The summed E-state index contributed by atoms with van der Waals surface area (Å²) in [6.45, 7) is 6.31. The highest BCUT2D eigenvalue weighted by molar-refractivity contribution is 9.10. The lowest BCUT2D eigenvalue weighted by Gasteiger charge is -2.27. The third kappa shape index (κ3) is 3.95. The Balaban J connectivity index is 2.33. The van der Waals surface area contributed by atoms with Crippen molar-refractivity contribution in [3.63, 3.8) is 0 Å². The van der Waals surface area contributed by atoms with Crippen LogP contribution in [0.1, 0.15) is 44.1 Å². The Morgan fingerprint density at radius 3 is 2.48 bits per heavy atom. The van der Waals surface area contributed by atoms with Gasteiger partial charge >= 0.3 is 0 Å². The van der Waals surface area contributed by atoms with Crippen LogP contribution in [-0.4, -0.2) is 17.0 Å². The van der Waals surface area contributed by atoms with Gasteiger partial charge in [0.1, 0.15) is 16.2 Å². The van der Waals surface area contributed by atoms with E-state index in [-0.39, 0.29) is 12.0 Å². The fraction of sp³-hybridized carbons (Fsp3) is 0.375. The van der Waals surface area contributed by atoms with Crippen molar-refractivity contribution in [1.29, 1.82) is 0 Å². The number of benzene rings is 1. The molecule has 2 aromatic rings. The molecular formula is C16H19BrClN3. The van der Waals surface area contributed by atoms with E-state index in [1.54, 1.807) is 0 Å². The van der Waals surface area contributed by atoms with E-state index in [0.717, 1.165) is 26.8 Å². The molecule has 0 aliphatic heterocycles. The van der Waals surface area contributed by atoms with Crippen LogP contribution in [0.2, 0.25) is 5.02 Å². The minimum absolute atomic E-state index is 0.172. The Hall–Kier alpha value is -1.13. The van der Waals surface area contributed by atoms with Gasteiger partial charge in [-0.15, -0.1) is 0 Å². The number of rotatable bonds is 4. The van der Waals surface area contributed by atoms with Gasteiger partial charge in [-0.3, -0.25) is 0 Å². The van der Waals surface area contributed by atoms with E-state index in [2.05, 4.69) is 57.6 Å². The Morgan fingerprint density at radius 1 is 1.14 bits per heavy atom. The molecule has 0 aliphatic carbocycles. The van der Waals surface area contributed by atoms with Gasteiger partial charge in [-0.1, -0.05) is 37.6 Å². The van der Waals surface area contributed by atoms with Crippen molar-refractivity contribution in [3.8, 4) is 0 Å². The number of halogens is 2. The van der Waals surface area contributed by atoms with Crippen molar-refractivity contribution in [1.82, 2.24) is 9.97 Å². The molecule has 2 rings (SSSR count). The summed E-state index contributed by atoms with van der Waals surface area (Å²) in [5.74, 6) is 2.02. The highest BCUT2D eigenvalue weighted by Gasteiger charge is 2.16. The molecule has 0 radical (unpaired) electrons. The van der Waals surface area contributed by atoms with Gasteiger partial charge in [0.2, 0.25) is 0 Å². The van der Waals surface area contributed by atoms with E-state index in [0.29, 0.717) is 0 Å². The molecule has 5 heteroatoms. The van der Waals surface area contributed by atoms with E-state index in [1.807, 2.05) is 31.3 Å². The summed E-state index contributed by atoms with van der Waals surface area (Å²) >= 11 is 9.55. The van der Waals surface area contributed by atoms with Crippen LogP contribution in [0.5, 0.6) is 0 Å². The van der Waals surface area contributed by atoms with Crippen LogP contribution < -0.4 is 4.90 Å². The number of nitrogens with zero attached hydrogens (tertiary/aromatic N) is 3. The Kier molecular flexibility index (Phi) is 5.22. The molecule has 1 aromatic carbocycles. The standard InChI is InChI=1S/C16H19BrClN3/c1-10(2)16-19-14(17)9-15(20-16)21(4)11(3)12-6-5-7-13(18)8-12/h5-11H,1-4H3. The lowest BCUT2D eigenvalue weighted by atomic mass is 10.1. The highest BCUT2D eigenvalue weighted by Crippen LogP contribution is 2.27. The van der Waals surface area contributed by atoms with Gasteiger partial charge in [0.25, 0.3) is 0 Å². The Bertz CT molecular complexity index is 631. The maximum absolute atomic E-state index is 6.08. The monoisotopic (exact) mass is 367 g/mol. The molecule has 3 nitrogen and oxygen atoms in total. The smallest absolute Gasteiger partial charge is 0.134 e. The maximum atomic E-state index is 6.08. The number of anilines is 1. The van der Waals surface area contributed by atoms with Gasteiger partial charge in [0, 0.05) is 24.1 Å². The first-order valence-corrected chi connectivity index (χ1v) is 8.08. The molecule has 0 spiro atoms. The molecule has 1 heterocycles. The zero-order valence-corrected chi connectivity index (χ0v) is 15.0. The van der Waals surface area contributed by atoms with Crippen molar-refractivity contribution in [2.45, 2.75) is 32.7 Å². The van der Waals surface area contributed by atoms with Gasteiger partial charge < -0.3 is 4.90 Å². The van der Waals surface area contributed by atoms with Crippen molar-refractivity contribution in [2.24, 2.45) is 0 Å². The van der Waals surface area contributed by atoms with Gasteiger partial charge in [-0.05, 0) is 40.5 Å². The van der Waals surface area contributed by atoms with Crippen molar-refractivity contribution >= 4 is 33.3 Å². The van der Waals surface area contributed by atoms with Gasteiger partial charge in [0.05, 0.1) is 6.04 Å². The lowest BCUT2D eigenvalue weighted by molar-refractivity contribution is 0.706. The molecule has 0 saturated heterocycles. The lowest BCUT2D eigenvalue weighted by Crippen LogP contribution is -2.23. The summed E-state index contributed by atoms with van der Waals surface area (Å²) in [6, 6.07) is 10.0. The van der Waals surface area contributed by atoms with Crippen LogP contribution in [0.15, 0.2) is 34.9 Å². The predicted octanol–water partition coefficient (Wildman–Crippen LogP) is 5.21. The molecule has 0 saturated carbocycles. The second-order valence-corrected chi connectivity index (χ2v) is 6.65. The molecule has 0 amide bonds. The van der Waals surface area contributed by atoms with E-state index >= 15 is 0 Å². The summed E-state index contributed by atoms with van der Waals surface area (Å²) in [4.78, 5) is 11.2. The third-order valence-corrected chi connectivity index (χ3v) is 4.13. The quantitative estimate of drug-likeness (QED) is 0.693. The number of hydrogen-bond donors (Lipinski definition) is 0. The van der Waals surface area contributed by atoms with E-state index < -0.39 is 0 Å². The molecule has 1 unspecified atom stereocenters. The predicted molar refractivity (Wildman–Crippen MR) is 92.1 cm³/mol. The fourth-order valence-corrected chi connectivity index (χ4v) is 2.64. The fourth-order valence-electron chi connectivity index (χ4n) is 2.05. The van der Waals surface area contributed by atoms with Crippen molar-refractivity contribution in [2.75, 3.05) is 11.9 Å². The third-order valence-electron chi connectivity index (χ3n) is 3.49. The van der Waals surface area contributed by atoms with E-state index in [1.165, 1.54) is 0 Å². The zero-order valence-electron chi connectivity index (χ0n) is 12.6. The molecule has 21 heavy (non-hydrogen) atoms. The molecular weight excluding hydrogens is 350 g/mol. The van der Waals surface area contributed by atoms with Crippen LogP contribution >= 0.6 is 27.5 Å². The minimum Gasteiger partial charge on any atom is -0.353 e. The summed E-state index contributed by atoms with van der Waals surface area (Å²) in [5.41, 5.74) is 1.16. The largest absolute Gasteiger partial charge is 0.353 e. The van der Waals surface area contributed by atoms with Crippen molar-refractivity contribution in [3.05, 3.63) is 51.3 Å². The van der Waals surface area contributed by atoms with Crippen LogP contribution in [0, 0.1) is 0 Å². The van der Waals surface area contributed by atoms with Crippen molar-refractivity contribution < 1.29 is 0 Å². The summed E-state index contributed by atoms with van der Waals surface area (Å²) < 4.78 is 0.807. The minimum atomic E-state index is 0.172. The molecule has 1 atom stereocenters. The first kappa shape index (κ1) is 16.2. The van der Waals surface area contributed by atoms with E-state index in [9.17, 15) is 0 Å². The normalized spacial score (nSPS) is 12.5. The van der Waals surface area contributed by atoms with Crippen LogP contribution in [0.4, 0.5) is 5.82 Å².